The standard InChI is InChI=1S/C17H21N7/c18-12-4-1-2-5-15(12)22-17-19-9-8-16(23-17)21-13-6-3-7-14-11(13)10-20-24-14/h3,6-10,12,15H,1-2,4-5,18H2,(H,20,24)(H2,19,21,22,23)/t12-,15+/m0/s1. The van der Waals surface area contributed by atoms with Gasteiger partial charge in [0, 0.05) is 23.7 Å². The number of aromatic amines is 1. The van der Waals surface area contributed by atoms with Gasteiger partial charge in [0.1, 0.15) is 5.82 Å². The minimum absolute atomic E-state index is 0.165. The molecule has 1 saturated carbocycles. The summed E-state index contributed by atoms with van der Waals surface area (Å²) in [7, 11) is 0. The van der Waals surface area contributed by atoms with Gasteiger partial charge in [0.15, 0.2) is 0 Å². The summed E-state index contributed by atoms with van der Waals surface area (Å²) in [5.41, 5.74) is 8.14. The van der Waals surface area contributed by atoms with E-state index in [1.807, 2.05) is 24.3 Å². The van der Waals surface area contributed by atoms with Crippen molar-refractivity contribution in [3.8, 4) is 0 Å². The van der Waals surface area contributed by atoms with Crippen LogP contribution in [0, 0.1) is 0 Å². The number of H-pyrrole nitrogens is 1. The predicted molar refractivity (Wildman–Crippen MR) is 95.3 cm³/mol. The van der Waals surface area contributed by atoms with Gasteiger partial charge in [0.05, 0.1) is 17.4 Å². The Balaban J connectivity index is 1.53. The maximum atomic E-state index is 6.19. The van der Waals surface area contributed by atoms with Gasteiger partial charge in [-0.2, -0.15) is 10.1 Å². The van der Waals surface area contributed by atoms with Crippen LogP contribution in [0.3, 0.4) is 0 Å². The predicted octanol–water partition coefficient (Wildman–Crippen LogP) is 2.78. The molecule has 5 N–H and O–H groups in total. The number of nitrogens with one attached hydrogen (secondary N) is 3. The van der Waals surface area contributed by atoms with Gasteiger partial charge in [-0.05, 0) is 31.0 Å². The molecule has 3 aromatic rings. The lowest BCUT2D eigenvalue weighted by Gasteiger charge is -2.29. The second-order valence-corrected chi connectivity index (χ2v) is 6.23. The van der Waals surface area contributed by atoms with Crippen molar-refractivity contribution in [1.82, 2.24) is 20.2 Å². The Morgan fingerprint density at radius 1 is 1.17 bits per heavy atom. The number of rotatable bonds is 4. The van der Waals surface area contributed by atoms with Gasteiger partial charge in [-0.1, -0.05) is 18.9 Å². The number of hydrogen-bond acceptors (Lipinski definition) is 6. The molecule has 2 aromatic heterocycles. The monoisotopic (exact) mass is 323 g/mol. The number of nitrogens with zero attached hydrogens (tertiary/aromatic N) is 3. The highest BCUT2D eigenvalue weighted by molar-refractivity contribution is 5.92. The van der Waals surface area contributed by atoms with E-state index in [2.05, 4.69) is 30.8 Å². The number of nitrogens with two attached hydrogens (primary N) is 1. The third-order valence-corrected chi connectivity index (χ3v) is 4.54. The second-order valence-electron chi connectivity index (χ2n) is 6.23. The highest BCUT2D eigenvalue weighted by Gasteiger charge is 2.22. The van der Waals surface area contributed by atoms with Crippen LogP contribution in [0.25, 0.3) is 10.9 Å². The fourth-order valence-electron chi connectivity index (χ4n) is 3.22. The minimum Gasteiger partial charge on any atom is -0.350 e. The van der Waals surface area contributed by atoms with E-state index in [1.165, 1.54) is 12.8 Å². The molecule has 1 fully saturated rings. The van der Waals surface area contributed by atoms with Gasteiger partial charge >= 0.3 is 0 Å². The Kier molecular flexibility index (Phi) is 4.00. The van der Waals surface area contributed by atoms with Crippen molar-refractivity contribution in [1.29, 1.82) is 0 Å². The molecule has 124 valence electrons. The quantitative estimate of drug-likeness (QED) is 0.588. The van der Waals surface area contributed by atoms with E-state index in [0.29, 0.717) is 5.95 Å². The molecular formula is C17H21N7. The number of fused-ring (bicyclic) bond motifs is 1. The minimum atomic E-state index is 0.165. The number of aromatic nitrogens is 4. The van der Waals surface area contributed by atoms with Crippen molar-refractivity contribution in [3.63, 3.8) is 0 Å². The molecule has 0 amide bonds. The number of anilines is 3. The molecule has 0 saturated heterocycles. The average molecular weight is 323 g/mol. The topological polar surface area (TPSA) is 105 Å². The van der Waals surface area contributed by atoms with Crippen molar-refractivity contribution in [2.75, 3.05) is 10.6 Å². The first-order valence-corrected chi connectivity index (χ1v) is 8.34. The highest BCUT2D eigenvalue weighted by atomic mass is 15.2. The van der Waals surface area contributed by atoms with Crippen molar-refractivity contribution in [3.05, 3.63) is 36.7 Å². The third kappa shape index (κ3) is 3.03. The Morgan fingerprint density at radius 2 is 2.08 bits per heavy atom. The number of benzene rings is 1. The molecule has 0 unspecified atom stereocenters. The van der Waals surface area contributed by atoms with E-state index in [9.17, 15) is 0 Å². The van der Waals surface area contributed by atoms with Crippen molar-refractivity contribution in [2.45, 2.75) is 37.8 Å². The molecule has 1 aromatic carbocycles. The third-order valence-electron chi connectivity index (χ3n) is 4.54. The lowest BCUT2D eigenvalue weighted by Crippen LogP contribution is -2.42. The van der Waals surface area contributed by atoms with Crippen LogP contribution in [0.15, 0.2) is 36.7 Å². The van der Waals surface area contributed by atoms with Crippen molar-refractivity contribution >= 4 is 28.4 Å². The molecular weight excluding hydrogens is 302 g/mol. The fraction of sp³-hybridized carbons (Fsp3) is 0.353. The molecule has 2 heterocycles. The summed E-state index contributed by atoms with van der Waals surface area (Å²) in [6, 6.07) is 8.23. The molecule has 7 heteroatoms. The van der Waals surface area contributed by atoms with Crippen LogP contribution >= 0.6 is 0 Å². The summed E-state index contributed by atoms with van der Waals surface area (Å²) in [6.45, 7) is 0. The summed E-state index contributed by atoms with van der Waals surface area (Å²) in [5, 5.41) is 14.8. The van der Waals surface area contributed by atoms with Crippen LogP contribution < -0.4 is 16.4 Å². The Bertz CT molecular complexity index is 828. The summed E-state index contributed by atoms with van der Waals surface area (Å²) < 4.78 is 0. The van der Waals surface area contributed by atoms with Crippen LogP contribution in [-0.4, -0.2) is 32.2 Å². The summed E-state index contributed by atoms with van der Waals surface area (Å²) in [4.78, 5) is 8.89. The zero-order valence-electron chi connectivity index (χ0n) is 13.4. The van der Waals surface area contributed by atoms with Crippen LogP contribution in [0.5, 0.6) is 0 Å². The molecule has 7 nitrogen and oxygen atoms in total. The van der Waals surface area contributed by atoms with Crippen molar-refractivity contribution in [2.24, 2.45) is 5.73 Å². The summed E-state index contributed by atoms with van der Waals surface area (Å²) >= 11 is 0. The Morgan fingerprint density at radius 3 is 3.00 bits per heavy atom. The normalized spacial score (nSPS) is 20.9. The van der Waals surface area contributed by atoms with E-state index < -0.39 is 0 Å². The highest BCUT2D eigenvalue weighted by Crippen LogP contribution is 2.25. The van der Waals surface area contributed by atoms with Crippen LogP contribution in [0.1, 0.15) is 25.7 Å². The van der Waals surface area contributed by atoms with Gasteiger partial charge in [-0.25, -0.2) is 4.98 Å². The molecule has 0 aliphatic heterocycles. The van der Waals surface area contributed by atoms with Gasteiger partial charge < -0.3 is 16.4 Å². The molecule has 0 bridgehead atoms. The van der Waals surface area contributed by atoms with Crippen LogP contribution in [-0.2, 0) is 0 Å². The van der Waals surface area contributed by atoms with Gasteiger partial charge in [0.25, 0.3) is 0 Å². The van der Waals surface area contributed by atoms with Crippen LogP contribution in [0.2, 0.25) is 0 Å². The zero-order chi connectivity index (χ0) is 16.4. The van der Waals surface area contributed by atoms with E-state index in [4.69, 9.17) is 5.73 Å². The summed E-state index contributed by atoms with van der Waals surface area (Å²) in [6.07, 6.45) is 8.08. The van der Waals surface area contributed by atoms with E-state index in [1.54, 1.807) is 12.4 Å². The van der Waals surface area contributed by atoms with Gasteiger partial charge in [-0.15, -0.1) is 0 Å². The second kappa shape index (κ2) is 6.45. The molecule has 0 radical (unpaired) electrons. The largest absolute Gasteiger partial charge is 0.350 e. The lowest BCUT2D eigenvalue weighted by atomic mass is 9.91. The average Bonchev–Trinajstić information content (AvgIpc) is 3.07. The molecule has 0 spiro atoms. The number of hydrogen-bond donors (Lipinski definition) is 4. The molecule has 24 heavy (non-hydrogen) atoms. The first kappa shape index (κ1) is 14.9. The van der Waals surface area contributed by atoms with Gasteiger partial charge in [-0.3, -0.25) is 5.10 Å². The summed E-state index contributed by atoms with van der Waals surface area (Å²) in [5.74, 6) is 1.35. The molecule has 1 aliphatic carbocycles. The smallest absolute Gasteiger partial charge is 0.224 e. The van der Waals surface area contributed by atoms with E-state index in [0.717, 1.165) is 35.2 Å². The van der Waals surface area contributed by atoms with E-state index >= 15 is 0 Å². The lowest BCUT2D eigenvalue weighted by molar-refractivity contribution is 0.402. The zero-order valence-corrected chi connectivity index (χ0v) is 13.4. The molecule has 2 atom stereocenters. The maximum Gasteiger partial charge on any atom is 0.224 e. The van der Waals surface area contributed by atoms with E-state index in [-0.39, 0.29) is 12.1 Å². The first-order chi connectivity index (χ1) is 11.8. The molecule has 4 rings (SSSR count). The Hall–Kier alpha value is -2.67. The van der Waals surface area contributed by atoms with Crippen molar-refractivity contribution < 1.29 is 0 Å². The Labute approximate surface area is 140 Å². The fourth-order valence-corrected chi connectivity index (χ4v) is 3.22. The maximum absolute atomic E-state index is 6.19. The van der Waals surface area contributed by atoms with Gasteiger partial charge in [0.2, 0.25) is 5.95 Å². The van der Waals surface area contributed by atoms with Crippen LogP contribution in [0.4, 0.5) is 17.5 Å². The SMILES string of the molecule is N[C@H]1CCCC[C@H]1Nc1nccc(Nc2cccc3[nH]ncc23)n1. The first-order valence-electron chi connectivity index (χ1n) is 8.34. The molecule has 1 aliphatic rings.